The number of rotatable bonds is 6. The standard InChI is InChI=1S/C23H19F5N8O2/c1-21(14-4-3-11(38-2)9-31-14)15-16(29)33-17(34-18(15)35-20(21)37)13-10-36-8-7-30-19(36)12(32-13)5-6-22(24,25)23(26,27)28/h3-4,7-10H,5-6H2,1-2H3,(H3,29,33,34,35,37). The van der Waals surface area contributed by atoms with Crippen LogP contribution in [-0.2, 0) is 16.6 Å². The fourth-order valence-corrected chi connectivity index (χ4v) is 4.25. The van der Waals surface area contributed by atoms with Gasteiger partial charge in [-0.2, -0.15) is 22.0 Å². The maximum atomic E-state index is 13.6. The van der Waals surface area contributed by atoms with Gasteiger partial charge in [0.1, 0.15) is 28.5 Å². The monoisotopic (exact) mass is 534 g/mol. The topological polar surface area (TPSA) is 133 Å². The molecule has 0 saturated heterocycles. The van der Waals surface area contributed by atoms with Gasteiger partial charge in [0.2, 0.25) is 5.91 Å². The molecule has 4 aromatic heterocycles. The molecule has 3 N–H and O–H groups in total. The number of methoxy groups -OCH3 is 1. The number of ether oxygens (including phenoxy) is 1. The molecule has 4 aromatic rings. The van der Waals surface area contributed by atoms with Crippen molar-refractivity contribution >= 4 is 23.2 Å². The lowest BCUT2D eigenvalue weighted by molar-refractivity contribution is -0.284. The second kappa shape index (κ2) is 8.56. The minimum Gasteiger partial charge on any atom is -0.495 e. The number of pyridine rings is 1. The average Bonchev–Trinajstić information content (AvgIpc) is 3.44. The number of nitrogens with one attached hydrogen (secondary N) is 1. The number of hydrogen-bond donors (Lipinski definition) is 2. The van der Waals surface area contributed by atoms with Crippen LogP contribution in [0.5, 0.6) is 5.75 Å². The first-order valence-electron chi connectivity index (χ1n) is 11.1. The molecule has 10 nitrogen and oxygen atoms in total. The fourth-order valence-electron chi connectivity index (χ4n) is 4.25. The van der Waals surface area contributed by atoms with Crippen molar-refractivity contribution in [3.05, 3.63) is 53.9 Å². The number of aryl methyl sites for hydroxylation is 1. The quantitative estimate of drug-likeness (QED) is 0.359. The van der Waals surface area contributed by atoms with E-state index in [0.29, 0.717) is 11.4 Å². The van der Waals surface area contributed by atoms with Crippen molar-refractivity contribution in [1.29, 1.82) is 0 Å². The van der Waals surface area contributed by atoms with Gasteiger partial charge in [-0.15, -0.1) is 0 Å². The van der Waals surface area contributed by atoms with Gasteiger partial charge in [0, 0.05) is 25.0 Å². The fraction of sp³-hybridized carbons (Fsp3) is 0.304. The Hall–Kier alpha value is -4.43. The first kappa shape index (κ1) is 25.2. The summed E-state index contributed by atoms with van der Waals surface area (Å²) in [4.78, 5) is 34.3. The largest absolute Gasteiger partial charge is 0.495 e. The number of alkyl halides is 5. The summed E-state index contributed by atoms with van der Waals surface area (Å²) in [5, 5.41) is 2.66. The lowest BCUT2D eigenvalue weighted by Gasteiger charge is -2.22. The summed E-state index contributed by atoms with van der Waals surface area (Å²) in [6.45, 7) is 1.61. The first-order valence-corrected chi connectivity index (χ1v) is 11.1. The van der Waals surface area contributed by atoms with Crippen molar-refractivity contribution < 1.29 is 31.5 Å². The third kappa shape index (κ3) is 3.94. The van der Waals surface area contributed by atoms with Crippen LogP contribution in [0.25, 0.3) is 17.2 Å². The molecule has 5 rings (SSSR count). The number of amides is 1. The predicted octanol–water partition coefficient (Wildman–Crippen LogP) is 3.56. The highest BCUT2D eigenvalue weighted by Crippen LogP contribution is 2.44. The van der Waals surface area contributed by atoms with Gasteiger partial charge in [0.25, 0.3) is 0 Å². The van der Waals surface area contributed by atoms with Gasteiger partial charge in [0.05, 0.1) is 30.3 Å². The van der Waals surface area contributed by atoms with E-state index in [1.54, 1.807) is 19.1 Å². The molecule has 38 heavy (non-hydrogen) atoms. The minimum atomic E-state index is -5.70. The Morgan fingerprint density at radius 2 is 1.89 bits per heavy atom. The Morgan fingerprint density at radius 1 is 1.13 bits per heavy atom. The summed E-state index contributed by atoms with van der Waals surface area (Å²) < 4.78 is 71.8. The minimum absolute atomic E-state index is 0.0285. The molecule has 198 valence electrons. The smallest absolute Gasteiger partial charge is 0.453 e. The van der Waals surface area contributed by atoms with Gasteiger partial charge >= 0.3 is 12.1 Å². The second-order valence-electron chi connectivity index (χ2n) is 8.75. The van der Waals surface area contributed by atoms with E-state index in [-0.39, 0.29) is 40.1 Å². The molecule has 1 aliphatic heterocycles. The number of carbonyl (C=O) groups excluding carboxylic acids is 1. The van der Waals surface area contributed by atoms with E-state index in [0.717, 1.165) is 0 Å². The summed E-state index contributed by atoms with van der Waals surface area (Å²) in [6.07, 6.45) is -2.25. The van der Waals surface area contributed by atoms with E-state index < -0.39 is 36.3 Å². The lowest BCUT2D eigenvalue weighted by Crippen LogP contribution is -2.36. The molecule has 15 heteroatoms. The molecule has 0 bridgehead atoms. The van der Waals surface area contributed by atoms with Crippen LogP contribution < -0.4 is 15.8 Å². The summed E-state index contributed by atoms with van der Waals surface area (Å²) in [6, 6.07) is 3.25. The van der Waals surface area contributed by atoms with Crippen LogP contribution in [0.15, 0.2) is 36.9 Å². The summed E-state index contributed by atoms with van der Waals surface area (Å²) in [5.41, 5.74) is 5.59. The molecule has 0 saturated carbocycles. The Morgan fingerprint density at radius 3 is 2.55 bits per heavy atom. The van der Waals surface area contributed by atoms with Crippen LogP contribution in [0.2, 0.25) is 0 Å². The van der Waals surface area contributed by atoms with Crippen LogP contribution in [0, 0.1) is 0 Å². The van der Waals surface area contributed by atoms with E-state index in [1.165, 1.54) is 36.3 Å². The van der Waals surface area contributed by atoms with Crippen molar-refractivity contribution in [1.82, 2.24) is 29.3 Å². The molecule has 1 atom stereocenters. The molecular formula is C23H19F5N8O2. The summed E-state index contributed by atoms with van der Waals surface area (Å²) in [5.74, 6) is -4.94. The molecule has 0 radical (unpaired) electrons. The second-order valence-corrected chi connectivity index (χ2v) is 8.75. The van der Waals surface area contributed by atoms with E-state index >= 15 is 0 Å². The number of aromatic nitrogens is 6. The van der Waals surface area contributed by atoms with Crippen LogP contribution in [0.4, 0.5) is 33.6 Å². The van der Waals surface area contributed by atoms with Crippen LogP contribution in [-0.4, -0.2) is 54.4 Å². The van der Waals surface area contributed by atoms with E-state index in [9.17, 15) is 26.7 Å². The Bertz CT molecular complexity index is 1550. The molecular weight excluding hydrogens is 515 g/mol. The molecule has 0 spiro atoms. The van der Waals surface area contributed by atoms with Gasteiger partial charge in [-0.1, -0.05) is 0 Å². The third-order valence-corrected chi connectivity index (χ3v) is 6.37. The van der Waals surface area contributed by atoms with E-state index in [4.69, 9.17) is 10.5 Å². The number of anilines is 2. The van der Waals surface area contributed by atoms with Crippen LogP contribution in [0.3, 0.4) is 0 Å². The number of nitrogens with zero attached hydrogens (tertiary/aromatic N) is 6. The SMILES string of the molecule is COc1ccc(C2(C)C(=O)Nc3nc(-c4cn5ccnc5c(CCC(F)(F)C(F)(F)F)n4)nc(N)c32)nc1. The zero-order chi connectivity index (χ0) is 27.5. The zero-order valence-corrected chi connectivity index (χ0v) is 19.8. The number of hydrogen-bond acceptors (Lipinski definition) is 8. The number of halogens is 5. The average molecular weight is 534 g/mol. The van der Waals surface area contributed by atoms with Gasteiger partial charge < -0.3 is 20.2 Å². The van der Waals surface area contributed by atoms with Crippen LogP contribution >= 0.6 is 0 Å². The van der Waals surface area contributed by atoms with Gasteiger partial charge in [-0.25, -0.2) is 19.9 Å². The number of nitrogen functional groups attached to an aromatic ring is 1. The normalized spacial score (nSPS) is 17.5. The van der Waals surface area contributed by atoms with Gasteiger partial charge in [0.15, 0.2) is 11.5 Å². The first-order chi connectivity index (χ1) is 17.8. The Balaban J connectivity index is 1.55. The Labute approximate surface area is 211 Å². The molecule has 1 aliphatic rings. The molecule has 5 heterocycles. The molecule has 0 aromatic carbocycles. The molecule has 1 amide bonds. The number of carbonyl (C=O) groups is 1. The lowest BCUT2D eigenvalue weighted by atomic mass is 9.81. The van der Waals surface area contributed by atoms with Crippen molar-refractivity contribution in [3.8, 4) is 17.3 Å². The van der Waals surface area contributed by atoms with Crippen LogP contribution in [0.1, 0.15) is 30.3 Å². The third-order valence-electron chi connectivity index (χ3n) is 6.37. The maximum Gasteiger partial charge on any atom is 0.453 e. The summed E-state index contributed by atoms with van der Waals surface area (Å²) >= 11 is 0. The van der Waals surface area contributed by atoms with Crippen molar-refractivity contribution in [3.63, 3.8) is 0 Å². The highest BCUT2D eigenvalue weighted by Gasteiger charge is 2.56. The van der Waals surface area contributed by atoms with Crippen molar-refractivity contribution in [2.45, 2.75) is 37.3 Å². The predicted molar refractivity (Wildman–Crippen MR) is 124 cm³/mol. The maximum absolute atomic E-state index is 13.6. The molecule has 0 aliphatic carbocycles. The zero-order valence-electron chi connectivity index (χ0n) is 19.8. The molecule has 0 fully saturated rings. The highest BCUT2D eigenvalue weighted by molar-refractivity contribution is 6.08. The van der Waals surface area contributed by atoms with E-state index in [2.05, 4.69) is 30.2 Å². The van der Waals surface area contributed by atoms with Gasteiger partial charge in [-0.3, -0.25) is 9.78 Å². The summed E-state index contributed by atoms with van der Waals surface area (Å²) in [7, 11) is 1.48. The number of nitrogens with two attached hydrogens (primary N) is 1. The number of imidazole rings is 1. The number of fused-ring (bicyclic) bond motifs is 2. The molecule has 1 unspecified atom stereocenters. The van der Waals surface area contributed by atoms with E-state index in [1.807, 2.05) is 0 Å². The van der Waals surface area contributed by atoms with Crippen molar-refractivity contribution in [2.24, 2.45) is 0 Å². The Kier molecular flexibility index (Phi) is 5.69. The highest BCUT2D eigenvalue weighted by atomic mass is 19.4. The van der Waals surface area contributed by atoms with Gasteiger partial charge in [-0.05, 0) is 25.5 Å². The van der Waals surface area contributed by atoms with Crippen molar-refractivity contribution in [2.75, 3.05) is 18.2 Å².